The van der Waals surface area contributed by atoms with E-state index >= 15 is 0 Å². The zero-order valence-electron chi connectivity index (χ0n) is 31.9. The molecule has 3 rings (SSSR count). The van der Waals surface area contributed by atoms with Crippen molar-refractivity contribution in [3.63, 3.8) is 0 Å². The minimum Gasteiger partial charge on any atom is -0.453 e. The Bertz CT molecular complexity index is 1440. The number of hydrogen-bond donors (Lipinski definition) is 5. The summed E-state index contributed by atoms with van der Waals surface area (Å²) in [5.41, 5.74) is 13.8. The van der Waals surface area contributed by atoms with Gasteiger partial charge in [-0.15, -0.1) is 0 Å². The zero-order valence-corrected chi connectivity index (χ0v) is 31.9. The number of carbonyl (C=O) groups is 5. The van der Waals surface area contributed by atoms with Crippen LogP contribution in [0.1, 0.15) is 76.8 Å². The molecule has 0 radical (unpaired) electrons. The summed E-state index contributed by atoms with van der Waals surface area (Å²) in [6.07, 6.45) is 4.12. The first-order valence-electron chi connectivity index (χ1n) is 19.0. The van der Waals surface area contributed by atoms with Gasteiger partial charge in [-0.2, -0.15) is 0 Å². The van der Waals surface area contributed by atoms with Crippen molar-refractivity contribution in [3.8, 4) is 0 Å². The van der Waals surface area contributed by atoms with E-state index < -0.39 is 41.9 Å². The van der Waals surface area contributed by atoms with Crippen molar-refractivity contribution in [1.29, 1.82) is 0 Å². The first-order valence-corrected chi connectivity index (χ1v) is 19.0. The summed E-state index contributed by atoms with van der Waals surface area (Å²) >= 11 is 0. The van der Waals surface area contributed by atoms with Gasteiger partial charge in [0.05, 0.1) is 13.2 Å². The Kier molecular flexibility index (Phi) is 18.3. The lowest BCUT2D eigenvalue weighted by atomic mass is 9.99. The number of nitrogens with two attached hydrogens (primary N) is 2. The number of rotatable bonds is 20. The van der Waals surface area contributed by atoms with Crippen LogP contribution in [-0.4, -0.2) is 103 Å². The molecular weight excluding hydrogens is 674 g/mol. The molecule has 5 amide bonds. The number of methoxy groups -OCH3 is 1. The summed E-state index contributed by atoms with van der Waals surface area (Å²) in [6.45, 7) is 7.79. The molecule has 2 aromatic rings. The van der Waals surface area contributed by atoms with Crippen molar-refractivity contribution < 1.29 is 28.7 Å². The van der Waals surface area contributed by atoms with Gasteiger partial charge in [-0.1, -0.05) is 81.4 Å². The topological polar surface area (TPSA) is 189 Å². The number of nitrogens with one attached hydrogen (secondary N) is 3. The summed E-state index contributed by atoms with van der Waals surface area (Å²) in [4.78, 5) is 71.1. The Labute approximate surface area is 314 Å². The third-order valence-electron chi connectivity index (χ3n) is 9.54. The predicted molar refractivity (Wildman–Crippen MR) is 205 cm³/mol. The van der Waals surface area contributed by atoms with Crippen LogP contribution in [0.5, 0.6) is 0 Å². The molecule has 1 saturated heterocycles. The lowest BCUT2D eigenvalue weighted by Crippen LogP contribution is -2.59. The molecule has 0 bridgehead atoms. The summed E-state index contributed by atoms with van der Waals surface area (Å²) in [5, 5.41) is 8.70. The maximum Gasteiger partial charge on any atom is 0.409 e. The van der Waals surface area contributed by atoms with E-state index in [2.05, 4.69) is 16.0 Å². The molecule has 292 valence electrons. The van der Waals surface area contributed by atoms with Gasteiger partial charge in [0.25, 0.3) is 0 Å². The van der Waals surface area contributed by atoms with E-state index in [1.54, 1.807) is 9.80 Å². The van der Waals surface area contributed by atoms with Crippen LogP contribution in [0, 0.1) is 5.92 Å². The normalized spacial score (nSPS) is 15.5. The van der Waals surface area contributed by atoms with Gasteiger partial charge in [0.2, 0.25) is 23.6 Å². The third-order valence-corrected chi connectivity index (χ3v) is 9.54. The van der Waals surface area contributed by atoms with E-state index in [0.717, 1.165) is 17.5 Å². The predicted octanol–water partition coefficient (Wildman–Crippen LogP) is 2.90. The Balaban J connectivity index is 1.75. The number of piperidine rings is 1. The molecule has 1 fully saturated rings. The monoisotopic (exact) mass is 735 g/mol. The summed E-state index contributed by atoms with van der Waals surface area (Å²) in [5.74, 6) is -1.65. The largest absolute Gasteiger partial charge is 0.453 e. The maximum atomic E-state index is 14.0. The number of ether oxygens (including phenoxy) is 1. The van der Waals surface area contributed by atoms with Gasteiger partial charge >= 0.3 is 6.09 Å². The van der Waals surface area contributed by atoms with E-state index in [9.17, 15) is 24.0 Å². The van der Waals surface area contributed by atoms with Gasteiger partial charge in [0.15, 0.2) is 0 Å². The van der Waals surface area contributed by atoms with Gasteiger partial charge < -0.3 is 42.0 Å². The molecule has 13 nitrogen and oxygen atoms in total. The summed E-state index contributed by atoms with van der Waals surface area (Å²) in [6, 6.07) is 15.0. The number of amides is 5. The molecule has 0 unspecified atom stereocenters. The molecule has 7 N–H and O–H groups in total. The fourth-order valence-corrected chi connectivity index (χ4v) is 6.70. The molecule has 2 aromatic carbocycles. The Morgan fingerprint density at radius 3 is 1.91 bits per heavy atom. The molecule has 0 aromatic heterocycles. The first kappa shape index (κ1) is 42.9. The van der Waals surface area contributed by atoms with E-state index in [0.29, 0.717) is 71.1 Å². The summed E-state index contributed by atoms with van der Waals surface area (Å²) in [7, 11) is 1.37. The Morgan fingerprint density at radius 1 is 0.811 bits per heavy atom. The molecule has 0 aliphatic carbocycles. The van der Waals surface area contributed by atoms with Crippen molar-refractivity contribution >= 4 is 29.7 Å². The molecule has 0 saturated carbocycles. The van der Waals surface area contributed by atoms with Crippen LogP contribution in [0.25, 0.3) is 0 Å². The lowest BCUT2D eigenvalue weighted by Gasteiger charge is -2.39. The fourth-order valence-electron chi connectivity index (χ4n) is 6.70. The standard InChI is InChI=1S/C40H61N7O6/c1-5-22-47(40(52)53-4)31-19-23-46(24-20-31)39(51)33(18-12-13-21-41)43-37(49)34(25-28(2)3)45-38(50)35(27-30-16-10-7-11-17-30)44-36(48)32(42)26-29-14-8-6-9-15-29/h6-11,14-17,28,31-35H,5,12-13,18-27,41-42H2,1-4H3,(H,43,49)(H,44,48)(H,45,50)/t32-,33-,34-,35-/m1/s1. The number of likely N-dealkylation sites (tertiary alicyclic amines) is 1. The SMILES string of the molecule is CCCN(C(=O)OC)C1CCN(C(=O)[C@@H](CCCCN)NC(=O)[C@@H](CC(C)C)NC(=O)[C@@H](Cc2ccccc2)NC(=O)[C@H](N)Cc2ccccc2)CC1. The quantitative estimate of drug-likeness (QED) is 0.128. The van der Waals surface area contributed by atoms with Crippen LogP contribution in [0.15, 0.2) is 60.7 Å². The van der Waals surface area contributed by atoms with Crippen molar-refractivity contribution in [2.45, 2.75) is 109 Å². The Morgan fingerprint density at radius 2 is 1.36 bits per heavy atom. The number of hydrogen-bond acceptors (Lipinski definition) is 8. The number of nitrogens with zero attached hydrogens (tertiary/aromatic N) is 2. The summed E-state index contributed by atoms with van der Waals surface area (Å²) < 4.78 is 4.99. The fraction of sp³-hybridized carbons (Fsp3) is 0.575. The smallest absolute Gasteiger partial charge is 0.409 e. The van der Waals surface area contributed by atoms with Gasteiger partial charge in [-0.25, -0.2) is 4.79 Å². The van der Waals surface area contributed by atoms with Crippen LogP contribution in [0.3, 0.4) is 0 Å². The average molecular weight is 736 g/mol. The van der Waals surface area contributed by atoms with Crippen molar-refractivity contribution in [2.75, 3.05) is 33.3 Å². The van der Waals surface area contributed by atoms with Gasteiger partial charge in [0.1, 0.15) is 18.1 Å². The van der Waals surface area contributed by atoms with Crippen LogP contribution in [0.2, 0.25) is 0 Å². The number of unbranched alkanes of at least 4 members (excludes halogenated alkanes) is 1. The second kappa shape index (κ2) is 22.5. The Hall–Kier alpha value is -4.49. The minimum absolute atomic E-state index is 0.0267. The molecule has 1 aliphatic heterocycles. The van der Waals surface area contributed by atoms with Crippen LogP contribution < -0.4 is 27.4 Å². The molecule has 13 heteroatoms. The lowest BCUT2D eigenvalue weighted by molar-refractivity contribution is -0.139. The molecule has 1 aliphatic rings. The molecule has 53 heavy (non-hydrogen) atoms. The van der Waals surface area contributed by atoms with Crippen molar-refractivity contribution in [2.24, 2.45) is 17.4 Å². The van der Waals surface area contributed by atoms with E-state index in [1.165, 1.54) is 7.11 Å². The van der Waals surface area contributed by atoms with E-state index in [-0.39, 0.29) is 30.4 Å². The van der Waals surface area contributed by atoms with Crippen LogP contribution >= 0.6 is 0 Å². The maximum absolute atomic E-state index is 14.0. The molecule has 4 atom stereocenters. The number of benzene rings is 2. The second-order valence-electron chi connectivity index (χ2n) is 14.3. The molecule has 0 spiro atoms. The van der Waals surface area contributed by atoms with Gasteiger partial charge in [0, 0.05) is 32.1 Å². The molecular formula is C40H61N7O6. The van der Waals surface area contributed by atoms with Crippen molar-refractivity contribution in [3.05, 3.63) is 71.8 Å². The highest BCUT2D eigenvalue weighted by Crippen LogP contribution is 2.20. The zero-order chi connectivity index (χ0) is 38.8. The van der Waals surface area contributed by atoms with E-state index in [4.69, 9.17) is 16.2 Å². The highest BCUT2D eigenvalue weighted by molar-refractivity contribution is 5.95. The van der Waals surface area contributed by atoms with Crippen LogP contribution in [0.4, 0.5) is 4.79 Å². The van der Waals surface area contributed by atoms with Gasteiger partial charge in [-0.05, 0) is 75.0 Å². The average Bonchev–Trinajstić information content (AvgIpc) is 3.16. The third kappa shape index (κ3) is 14.1. The van der Waals surface area contributed by atoms with Crippen molar-refractivity contribution in [1.82, 2.24) is 25.8 Å². The number of carbonyl (C=O) groups excluding carboxylic acids is 5. The van der Waals surface area contributed by atoms with Gasteiger partial charge in [-0.3, -0.25) is 19.2 Å². The van der Waals surface area contributed by atoms with Crippen LogP contribution in [-0.2, 0) is 36.8 Å². The minimum atomic E-state index is -1.00. The second-order valence-corrected chi connectivity index (χ2v) is 14.3. The highest BCUT2D eigenvalue weighted by atomic mass is 16.5. The first-order chi connectivity index (χ1) is 25.5. The molecule has 1 heterocycles. The highest BCUT2D eigenvalue weighted by Gasteiger charge is 2.35. The van der Waals surface area contributed by atoms with E-state index in [1.807, 2.05) is 81.4 Å².